The third-order valence-electron chi connectivity index (χ3n) is 4.48. The van der Waals surface area contributed by atoms with Gasteiger partial charge in [0.25, 0.3) is 0 Å². The van der Waals surface area contributed by atoms with Crippen LogP contribution in [-0.4, -0.2) is 40.0 Å². The number of carbonyl (C=O) groups excluding carboxylic acids is 1. The van der Waals surface area contributed by atoms with Gasteiger partial charge in [0, 0.05) is 25.3 Å². The number of alkyl halides is 3. The van der Waals surface area contributed by atoms with E-state index < -0.39 is 23.4 Å². The molecule has 0 radical (unpaired) electrons. The lowest BCUT2D eigenvalue weighted by Crippen LogP contribution is -2.22. The normalized spacial score (nSPS) is 15.4. The van der Waals surface area contributed by atoms with Gasteiger partial charge >= 0.3 is 12.1 Å². The number of ether oxygens (including phenoxy) is 1. The SMILES string of the molecule is O=C(CC1CCOCC1)Nc1ccc(-n2ncc(C(=O)O)c2C(F)(F)F)cc1. The van der Waals surface area contributed by atoms with Crippen molar-refractivity contribution in [3.63, 3.8) is 0 Å². The fraction of sp³-hybridized carbons (Fsp3) is 0.389. The molecule has 0 spiro atoms. The number of rotatable bonds is 5. The van der Waals surface area contributed by atoms with E-state index in [-0.39, 0.29) is 17.5 Å². The summed E-state index contributed by atoms with van der Waals surface area (Å²) < 4.78 is 45.6. The number of benzene rings is 1. The molecular formula is C18H18F3N3O4. The zero-order valence-electron chi connectivity index (χ0n) is 14.7. The fourth-order valence-electron chi connectivity index (χ4n) is 3.08. The van der Waals surface area contributed by atoms with Crippen molar-refractivity contribution in [1.82, 2.24) is 9.78 Å². The largest absolute Gasteiger partial charge is 0.478 e. The summed E-state index contributed by atoms with van der Waals surface area (Å²) in [4.78, 5) is 23.2. The highest BCUT2D eigenvalue weighted by atomic mass is 19.4. The minimum Gasteiger partial charge on any atom is -0.478 e. The maximum absolute atomic E-state index is 13.3. The molecule has 1 amide bonds. The number of aromatic carboxylic acids is 1. The van der Waals surface area contributed by atoms with Gasteiger partial charge in [0.05, 0.1) is 11.9 Å². The Morgan fingerprint density at radius 2 is 1.86 bits per heavy atom. The summed E-state index contributed by atoms with van der Waals surface area (Å²) in [6.45, 7) is 1.27. The number of nitrogens with zero attached hydrogens (tertiary/aromatic N) is 2. The molecular weight excluding hydrogens is 379 g/mol. The topological polar surface area (TPSA) is 93.5 Å². The predicted molar refractivity (Wildman–Crippen MR) is 92.3 cm³/mol. The van der Waals surface area contributed by atoms with Crippen LogP contribution < -0.4 is 5.32 Å². The first-order valence-electron chi connectivity index (χ1n) is 8.62. The first-order valence-corrected chi connectivity index (χ1v) is 8.62. The summed E-state index contributed by atoms with van der Waals surface area (Å²) >= 11 is 0. The number of carboxylic acid groups (broad SMARTS) is 1. The van der Waals surface area contributed by atoms with Gasteiger partial charge in [-0.15, -0.1) is 0 Å². The average molecular weight is 397 g/mol. The summed E-state index contributed by atoms with van der Waals surface area (Å²) in [7, 11) is 0. The third kappa shape index (κ3) is 4.50. The Morgan fingerprint density at radius 1 is 1.21 bits per heavy atom. The monoisotopic (exact) mass is 397 g/mol. The highest BCUT2D eigenvalue weighted by molar-refractivity contribution is 5.91. The van der Waals surface area contributed by atoms with E-state index >= 15 is 0 Å². The highest BCUT2D eigenvalue weighted by Gasteiger charge is 2.40. The van der Waals surface area contributed by atoms with Gasteiger partial charge in [0.2, 0.25) is 5.91 Å². The molecule has 0 bridgehead atoms. The lowest BCUT2D eigenvalue weighted by molar-refractivity contribution is -0.143. The Kier molecular flexibility index (Phi) is 5.68. The molecule has 2 heterocycles. The van der Waals surface area contributed by atoms with Crippen LogP contribution in [0.15, 0.2) is 30.5 Å². The molecule has 7 nitrogen and oxygen atoms in total. The molecule has 28 heavy (non-hydrogen) atoms. The summed E-state index contributed by atoms with van der Waals surface area (Å²) in [5.74, 6) is -1.64. The third-order valence-corrected chi connectivity index (χ3v) is 4.48. The van der Waals surface area contributed by atoms with E-state index in [1.807, 2.05) is 0 Å². The predicted octanol–water partition coefficient (Wildman–Crippen LogP) is 3.34. The van der Waals surface area contributed by atoms with Crippen LogP contribution in [0.2, 0.25) is 0 Å². The second kappa shape index (κ2) is 8.01. The molecule has 0 saturated carbocycles. The number of halogens is 3. The molecule has 10 heteroatoms. The van der Waals surface area contributed by atoms with E-state index in [4.69, 9.17) is 9.84 Å². The van der Waals surface area contributed by atoms with E-state index in [2.05, 4.69) is 10.4 Å². The standard InChI is InChI=1S/C18H18F3N3O4/c19-18(20,21)16-14(17(26)27)10-22-24(16)13-3-1-12(2-4-13)23-15(25)9-11-5-7-28-8-6-11/h1-4,10-11H,5-9H2,(H,23,25)(H,26,27). The number of amides is 1. The van der Waals surface area contributed by atoms with Crippen molar-refractivity contribution in [2.45, 2.75) is 25.4 Å². The van der Waals surface area contributed by atoms with Gasteiger partial charge in [-0.25, -0.2) is 9.48 Å². The molecule has 3 rings (SSSR count). The maximum atomic E-state index is 13.3. The maximum Gasteiger partial charge on any atom is 0.434 e. The quantitative estimate of drug-likeness (QED) is 0.807. The van der Waals surface area contributed by atoms with Gasteiger partial charge in [-0.05, 0) is 43.0 Å². The zero-order valence-corrected chi connectivity index (χ0v) is 14.7. The summed E-state index contributed by atoms with van der Waals surface area (Å²) in [6, 6.07) is 5.55. The molecule has 0 aliphatic carbocycles. The number of hydrogen-bond acceptors (Lipinski definition) is 4. The van der Waals surface area contributed by atoms with Crippen LogP contribution in [-0.2, 0) is 15.7 Å². The van der Waals surface area contributed by atoms with E-state index in [1.165, 1.54) is 24.3 Å². The second-order valence-electron chi connectivity index (χ2n) is 6.48. The van der Waals surface area contributed by atoms with Crippen molar-refractivity contribution in [2.24, 2.45) is 5.92 Å². The van der Waals surface area contributed by atoms with E-state index in [0.717, 1.165) is 12.8 Å². The molecule has 2 aromatic rings. The van der Waals surface area contributed by atoms with Gasteiger partial charge in [0.15, 0.2) is 5.69 Å². The number of carboxylic acids is 1. The first kappa shape index (κ1) is 19.9. The van der Waals surface area contributed by atoms with Gasteiger partial charge in [-0.1, -0.05) is 0 Å². The van der Waals surface area contributed by atoms with Crippen molar-refractivity contribution in [3.05, 3.63) is 41.7 Å². The van der Waals surface area contributed by atoms with Crippen LogP contribution in [0.3, 0.4) is 0 Å². The number of nitrogens with one attached hydrogen (secondary N) is 1. The Labute approximate surface area is 158 Å². The fourth-order valence-corrected chi connectivity index (χ4v) is 3.08. The van der Waals surface area contributed by atoms with Crippen LogP contribution in [0.1, 0.15) is 35.3 Å². The lowest BCUT2D eigenvalue weighted by atomic mass is 9.96. The van der Waals surface area contributed by atoms with Crippen LogP contribution in [0.25, 0.3) is 5.69 Å². The Morgan fingerprint density at radius 3 is 2.43 bits per heavy atom. The van der Waals surface area contributed by atoms with Gasteiger partial charge in [-0.3, -0.25) is 4.79 Å². The molecule has 1 fully saturated rings. The molecule has 1 saturated heterocycles. The van der Waals surface area contributed by atoms with E-state index in [9.17, 15) is 22.8 Å². The van der Waals surface area contributed by atoms with Crippen molar-refractivity contribution >= 4 is 17.6 Å². The smallest absolute Gasteiger partial charge is 0.434 e. The molecule has 1 aliphatic rings. The molecule has 1 aromatic carbocycles. The van der Waals surface area contributed by atoms with Gasteiger partial charge in [-0.2, -0.15) is 18.3 Å². The van der Waals surface area contributed by atoms with Gasteiger partial charge in [0.1, 0.15) is 5.56 Å². The number of hydrogen-bond donors (Lipinski definition) is 2. The minimum absolute atomic E-state index is 0.0299. The highest BCUT2D eigenvalue weighted by Crippen LogP contribution is 2.33. The molecule has 1 aromatic heterocycles. The van der Waals surface area contributed by atoms with Crippen molar-refractivity contribution in [1.29, 1.82) is 0 Å². The number of carbonyl (C=O) groups is 2. The molecule has 0 atom stereocenters. The van der Waals surface area contributed by atoms with Crippen LogP contribution in [0.4, 0.5) is 18.9 Å². The average Bonchev–Trinajstić information content (AvgIpc) is 3.09. The zero-order chi connectivity index (χ0) is 20.3. The van der Waals surface area contributed by atoms with Crippen molar-refractivity contribution in [2.75, 3.05) is 18.5 Å². The Balaban J connectivity index is 1.74. The molecule has 0 unspecified atom stereocenters. The summed E-state index contributed by atoms with van der Waals surface area (Å²) in [5, 5.41) is 15.2. The van der Waals surface area contributed by atoms with Crippen LogP contribution in [0, 0.1) is 5.92 Å². The van der Waals surface area contributed by atoms with Crippen molar-refractivity contribution in [3.8, 4) is 5.69 Å². The first-order chi connectivity index (χ1) is 13.3. The van der Waals surface area contributed by atoms with Crippen molar-refractivity contribution < 1.29 is 32.6 Å². The van der Waals surface area contributed by atoms with E-state index in [0.29, 0.717) is 36.2 Å². The summed E-state index contributed by atoms with van der Waals surface area (Å²) in [5.41, 5.74) is -1.83. The second-order valence-corrected chi connectivity index (χ2v) is 6.48. The van der Waals surface area contributed by atoms with Crippen LogP contribution >= 0.6 is 0 Å². The number of aromatic nitrogens is 2. The number of anilines is 1. The Hall–Kier alpha value is -2.88. The van der Waals surface area contributed by atoms with Gasteiger partial charge < -0.3 is 15.2 Å². The summed E-state index contributed by atoms with van der Waals surface area (Å²) in [6.07, 6.45) is -2.24. The minimum atomic E-state index is -4.89. The molecule has 1 aliphatic heterocycles. The molecule has 150 valence electrons. The molecule has 2 N–H and O–H groups in total. The van der Waals surface area contributed by atoms with Crippen LogP contribution in [0.5, 0.6) is 0 Å². The lowest BCUT2D eigenvalue weighted by Gasteiger charge is -2.21. The Bertz CT molecular complexity index is 856. The van der Waals surface area contributed by atoms with E-state index in [1.54, 1.807) is 0 Å².